The summed E-state index contributed by atoms with van der Waals surface area (Å²) in [5, 5.41) is 11.6. The highest BCUT2D eigenvalue weighted by molar-refractivity contribution is 5.76. The molecule has 0 bridgehead atoms. The van der Waals surface area contributed by atoms with Crippen LogP contribution in [0, 0.1) is 10.1 Å². The van der Waals surface area contributed by atoms with Crippen molar-refractivity contribution in [3.63, 3.8) is 0 Å². The summed E-state index contributed by atoms with van der Waals surface area (Å²) in [6, 6.07) is 17.2. The third kappa shape index (κ3) is 3.75. The van der Waals surface area contributed by atoms with Gasteiger partial charge in [0.25, 0.3) is 0 Å². The minimum absolute atomic E-state index is 0.0494. The second-order valence-corrected chi connectivity index (χ2v) is 5.06. The second kappa shape index (κ2) is 6.79. The van der Waals surface area contributed by atoms with Crippen molar-refractivity contribution >= 4 is 5.78 Å². The smallest absolute Gasteiger partial charge is 0.245 e. The standard InChI is InChI=1S/C17H17NO3/c1-13(19)12-16(14-8-4-2-5-9-14)17(18(20)21)15-10-6-3-7-11-15/h2-11,16-17H,12H2,1H3/t16-,17+/m0/s1. The molecule has 2 aromatic rings. The number of rotatable bonds is 6. The van der Waals surface area contributed by atoms with Crippen molar-refractivity contribution in [3.05, 3.63) is 81.9 Å². The minimum Gasteiger partial charge on any atom is -0.300 e. The van der Waals surface area contributed by atoms with Gasteiger partial charge in [-0.25, -0.2) is 0 Å². The van der Waals surface area contributed by atoms with E-state index in [9.17, 15) is 14.9 Å². The molecule has 4 nitrogen and oxygen atoms in total. The fraction of sp³-hybridized carbons (Fsp3) is 0.235. The van der Waals surface area contributed by atoms with E-state index in [4.69, 9.17) is 0 Å². The molecule has 0 fully saturated rings. The van der Waals surface area contributed by atoms with E-state index in [0.717, 1.165) is 5.56 Å². The van der Waals surface area contributed by atoms with Crippen LogP contribution >= 0.6 is 0 Å². The molecule has 2 rings (SSSR count). The molecule has 2 aromatic carbocycles. The van der Waals surface area contributed by atoms with Gasteiger partial charge in [0.2, 0.25) is 6.04 Å². The van der Waals surface area contributed by atoms with Gasteiger partial charge in [-0.2, -0.15) is 0 Å². The van der Waals surface area contributed by atoms with E-state index >= 15 is 0 Å². The Bertz CT molecular complexity index is 610. The summed E-state index contributed by atoms with van der Waals surface area (Å²) >= 11 is 0. The van der Waals surface area contributed by atoms with Crippen molar-refractivity contribution in [2.24, 2.45) is 0 Å². The Morgan fingerprint density at radius 2 is 1.48 bits per heavy atom. The number of carbonyl (C=O) groups excluding carboxylic acids is 1. The molecule has 0 unspecified atom stereocenters. The monoisotopic (exact) mass is 283 g/mol. The van der Waals surface area contributed by atoms with Crippen LogP contribution in [0.25, 0.3) is 0 Å². The molecule has 2 atom stereocenters. The van der Waals surface area contributed by atoms with Crippen molar-refractivity contribution < 1.29 is 9.72 Å². The van der Waals surface area contributed by atoms with Gasteiger partial charge in [-0.05, 0) is 12.5 Å². The fourth-order valence-electron chi connectivity index (χ4n) is 2.57. The van der Waals surface area contributed by atoms with Gasteiger partial charge in [-0.15, -0.1) is 0 Å². The summed E-state index contributed by atoms with van der Waals surface area (Å²) in [6.45, 7) is 1.47. The number of ketones is 1. The third-order valence-corrected chi connectivity index (χ3v) is 3.48. The zero-order chi connectivity index (χ0) is 15.2. The van der Waals surface area contributed by atoms with E-state index in [1.165, 1.54) is 6.92 Å². The fourth-order valence-corrected chi connectivity index (χ4v) is 2.57. The van der Waals surface area contributed by atoms with Gasteiger partial charge in [0, 0.05) is 16.9 Å². The van der Waals surface area contributed by atoms with Gasteiger partial charge < -0.3 is 4.79 Å². The highest BCUT2D eigenvalue weighted by atomic mass is 16.6. The molecule has 0 heterocycles. The topological polar surface area (TPSA) is 60.2 Å². The van der Waals surface area contributed by atoms with Crippen molar-refractivity contribution in [2.45, 2.75) is 25.3 Å². The summed E-state index contributed by atoms with van der Waals surface area (Å²) in [4.78, 5) is 22.9. The van der Waals surface area contributed by atoms with E-state index in [-0.39, 0.29) is 17.1 Å². The quantitative estimate of drug-likeness (QED) is 0.599. The molecule has 0 radical (unpaired) electrons. The van der Waals surface area contributed by atoms with Gasteiger partial charge in [-0.1, -0.05) is 60.7 Å². The number of carbonyl (C=O) groups is 1. The lowest BCUT2D eigenvalue weighted by Gasteiger charge is -2.20. The molecule has 0 amide bonds. The SMILES string of the molecule is CC(=O)C[C@@H](c1ccccc1)[C@@H](c1ccccc1)[N+](=O)[O-]. The third-order valence-electron chi connectivity index (χ3n) is 3.48. The van der Waals surface area contributed by atoms with Crippen molar-refractivity contribution in [3.8, 4) is 0 Å². The first-order chi connectivity index (χ1) is 10.1. The predicted molar refractivity (Wildman–Crippen MR) is 80.7 cm³/mol. The second-order valence-electron chi connectivity index (χ2n) is 5.06. The maximum atomic E-state index is 11.6. The Kier molecular flexibility index (Phi) is 4.82. The molecule has 0 saturated heterocycles. The molecule has 0 aromatic heterocycles. The Balaban J connectivity index is 2.46. The zero-order valence-electron chi connectivity index (χ0n) is 11.8. The van der Waals surface area contributed by atoms with E-state index in [1.54, 1.807) is 24.3 Å². The van der Waals surface area contributed by atoms with Gasteiger partial charge in [0.15, 0.2) is 0 Å². The maximum absolute atomic E-state index is 11.6. The van der Waals surface area contributed by atoms with Gasteiger partial charge >= 0.3 is 0 Å². The average Bonchev–Trinajstić information content (AvgIpc) is 2.48. The lowest BCUT2D eigenvalue weighted by Crippen LogP contribution is -2.21. The lowest BCUT2D eigenvalue weighted by atomic mass is 9.84. The van der Waals surface area contributed by atoms with Crippen LogP contribution in [0.3, 0.4) is 0 Å². The van der Waals surface area contributed by atoms with Gasteiger partial charge in [0.05, 0.1) is 5.92 Å². The molecule has 0 spiro atoms. The number of hydrogen-bond acceptors (Lipinski definition) is 3. The molecule has 21 heavy (non-hydrogen) atoms. The van der Waals surface area contributed by atoms with E-state index in [1.807, 2.05) is 36.4 Å². The Labute approximate surface area is 123 Å². The number of nitro groups is 1. The number of Topliss-reactive ketones (excluding diaryl/α,β-unsaturated/α-hetero) is 1. The number of hydrogen-bond donors (Lipinski definition) is 0. The molecular weight excluding hydrogens is 266 g/mol. The van der Waals surface area contributed by atoms with Crippen LogP contribution in [-0.2, 0) is 4.79 Å². The van der Waals surface area contributed by atoms with Crippen molar-refractivity contribution in [2.75, 3.05) is 0 Å². The molecule has 0 aliphatic carbocycles. The highest BCUT2D eigenvalue weighted by Gasteiger charge is 2.35. The van der Waals surface area contributed by atoms with Crippen molar-refractivity contribution in [1.82, 2.24) is 0 Å². The predicted octanol–water partition coefficient (Wildman–Crippen LogP) is 3.77. The van der Waals surface area contributed by atoms with Crippen molar-refractivity contribution in [1.29, 1.82) is 0 Å². The summed E-state index contributed by atoms with van der Waals surface area (Å²) in [5.41, 5.74) is 1.44. The van der Waals surface area contributed by atoms with E-state index in [2.05, 4.69) is 0 Å². The van der Waals surface area contributed by atoms with Crippen LogP contribution in [-0.4, -0.2) is 10.7 Å². The first-order valence-electron chi connectivity index (χ1n) is 6.82. The summed E-state index contributed by atoms with van der Waals surface area (Å²) < 4.78 is 0. The molecule has 108 valence electrons. The Morgan fingerprint density at radius 3 is 1.90 bits per heavy atom. The number of benzene rings is 2. The first-order valence-corrected chi connectivity index (χ1v) is 6.82. The van der Waals surface area contributed by atoms with Gasteiger partial charge in [-0.3, -0.25) is 10.1 Å². The van der Waals surface area contributed by atoms with Crippen LogP contribution < -0.4 is 0 Å². The lowest BCUT2D eigenvalue weighted by molar-refractivity contribution is -0.533. The molecule has 4 heteroatoms. The largest absolute Gasteiger partial charge is 0.300 e. The van der Waals surface area contributed by atoms with Crippen LogP contribution in [0.15, 0.2) is 60.7 Å². The van der Waals surface area contributed by atoms with E-state index < -0.39 is 12.0 Å². The average molecular weight is 283 g/mol. The number of nitrogens with zero attached hydrogens (tertiary/aromatic N) is 1. The normalized spacial score (nSPS) is 13.4. The summed E-state index contributed by atoms with van der Waals surface area (Å²) in [5.74, 6) is -0.507. The molecule has 0 aliphatic heterocycles. The van der Waals surface area contributed by atoms with Crippen LogP contribution in [0.2, 0.25) is 0 Å². The van der Waals surface area contributed by atoms with Gasteiger partial charge in [0.1, 0.15) is 5.78 Å². The molecular formula is C17H17NO3. The Morgan fingerprint density at radius 1 is 1.00 bits per heavy atom. The summed E-state index contributed by atoms with van der Waals surface area (Å²) in [7, 11) is 0. The highest BCUT2D eigenvalue weighted by Crippen LogP contribution is 2.36. The molecule has 0 saturated carbocycles. The zero-order valence-corrected chi connectivity index (χ0v) is 11.8. The molecule has 0 N–H and O–H groups in total. The maximum Gasteiger partial charge on any atom is 0.245 e. The minimum atomic E-state index is -0.919. The van der Waals surface area contributed by atoms with Crippen LogP contribution in [0.4, 0.5) is 0 Å². The van der Waals surface area contributed by atoms with E-state index in [0.29, 0.717) is 5.56 Å². The van der Waals surface area contributed by atoms with Crippen LogP contribution in [0.5, 0.6) is 0 Å². The first kappa shape index (κ1) is 14.9. The molecule has 0 aliphatic rings. The summed E-state index contributed by atoms with van der Waals surface area (Å²) in [6.07, 6.45) is 0.157. The Hall–Kier alpha value is -2.49. The van der Waals surface area contributed by atoms with Crippen LogP contribution in [0.1, 0.15) is 36.4 Å².